The molecule has 0 spiro atoms. The van der Waals surface area contributed by atoms with Gasteiger partial charge in [0.25, 0.3) is 0 Å². The van der Waals surface area contributed by atoms with Gasteiger partial charge in [-0.2, -0.15) is 0 Å². The minimum Gasteiger partial charge on any atom is -0.441 e. The third-order valence-electron chi connectivity index (χ3n) is 3.27. The van der Waals surface area contributed by atoms with Gasteiger partial charge in [0.1, 0.15) is 5.52 Å². The van der Waals surface area contributed by atoms with Crippen LogP contribution in [0.5, 0.6) is 0 Å². The summed E-state index contributed by atoms with van der Waals surface area (Å²) in [6.45, 7) is 6.74. The van der Waals surface area contributed by atoms with Crippen LogP contribution in [-0.4, -0.2) is 11.5 Å². The summed E-state index contributed by atoms with van der Waals surface area (Å²) < 4.78 is 5.45. The van der Waals surface area contributed by atoms with E-state index in [4.69, 9.17) is 15.9 Å². The number of aromatic nitrogens is 1. The third kappa shape index (κ3) is 2.71. The van der Waals surface area contributed by atoms with Gasteiger partial charge in [0.2, 0.25) is 0 Å². The van der Waals surface area contributed by atoms with E-state index in [9.17, 15) is 0 Å². The molecule has 0 saturated carbocycles. The van der Waals surface area contributed by atoms with Gasteiger partial charge in [0.15, 0.2) is 11.5 Å². The third-order valence-corrected chi connectivity index (χ3v) is 3.27. The number of hydrogen-bond donors (Lipinski definition) is 2. The van der Waals surface area contributed by atoms with Gasteiger partial charge >= 0.3 is 0 Å². The monoisotopic (exact) mass is 247 g/mol. The molecular formula is C14H21N3O. The number of rotatable bonds is 4. The maximum absolute atomic E-state index is 6.24. The number of benzene rings is 1. The van der Waals surface area contributed by atoms with E-state index in [1.54, 1.807) is 0 Å². The number of nitrogens with two attached hydrogens (primary N) is 2. The summed E-state index contributed by atoms with van der Waals surface area (Å²) in [5, 5.41) is 0. The molecule has 1 aromatic carbocycles. The molecule has 1 atom stereocenters. The molecule has 98 valence electrons. The smallest absolute Gasteiger partial charge is 0.192 e. The molecule has 4 nitrogen and oxygen atoms in total. The molecule has 4 N–H and O–H groups in total. The van der Waals surface area contributed by atoms with Crippen LogP contribution in [0.25, 0.3) is 11.1 Å². The summed E-state index contributed by atoms with van der Waals surface area (Å²) in [5.74, 6) is 0.679. The highest BCUT2D eigenvalue weighted by Gasteiger charge is 2.21. The minimum absolute atomic E-state index is 0.0232. The molecule has 2 rings (SSSR count). The van der Waals surface area contributed by atoms with E-state index in [0.717, 1.165) is 23.1 Å². The Hall–Kier alpha value is -1.39. The molecule has 2 aromatic rings. The summed E-state index contributed by atoms with van der Waals surface area (Å²) in [6.07, 6.45) is 0.853. The Kier molecular flexibility index (Phi) is 3.41. The molecule has 0 aliphatic rings. The van der Waals surface area contributed by atoms with Crippen molar-refractivity contribution >= 4 is 11.1 Å². The predicted molar refractivity (Wildman–Crippen MR) is 73.1 cm³/mol. The van der Waals surface area contributed by atoms with Crippen molar-refractivity contribution in [1.29, 1.82) is 0 Å². The SMILES string of the molecule is Cc1nc2cc(C(N)CC(C)(C)CN)ccc2o1. The van der Waals surface area contributed by atoms with Gasteiger partial charge in [0.05, 0.1) is 0 Å². The first-order valence-electron chi connectivity index (χ1n) is 6.24. The van der Waals surface area contributed by atoms with Gasteiger partial charge in [-0.05, 0) is 36.1 Å². The van der Waals surface area contributed by atoms with Crippen LogP contribution < -0.4 is 11.5 Å². The van der Waals surface area contributed by atoms with Gasteiger partial charge < -0.3 is 15.9 Å². The first-order chi connectivity index (χ1) is 8.41. The van der Waals surface area contributed by atoms with Crippen LogP contribution in [0.2, 0.25) is 0 Å². The lowest BCUT2D eigenvalue weighted by Crippen LogP contribution is -2.28. The van der Waals surface area contributed by atoms with Crippen LogP contribution in [0.4, 0.5) is 0 Å². The molecule has 0 radical (unpaired) electrons. The molecule has 0 saturated heterocycles. The van der Waals surface area contributed by atoms with Crippen molar-refractivity contribution < 1.29 is 4.42 Å². The fourth-order valence-electron chi connectivity index (χ4n) is 2.09. The highest BCUT2D eigenvalue weighted by Crippen LogP contribution is 2.29. The molecule has 18 heavy (non-hydrogen) atoms. The van der Waals surface area contributed by atoms with Crippen LogP contribution in [0.1, 0.15) is 37.8 Å². The van der Waals surface area contributed by atoms with E-state index in [1.165, 1.54) is 0 Å². The summed E-state index contributed by atoms with van der Waals surface area (Å²) in [4.78, 5) is 4.33. The van der Waals surface area contributed by atoms with Gasteiger partial charge in [-0.15, -0.1) is 0 Å². The summed E-state index contributed by atoms with van der Waals surface area (Å²) in [7, 11) is 0. The van der Waals surface area contributed by atoms with Gasteiger partial charge in [-0.25, -0.2) is 4.98 Å². The Bertz CT molecular complexity index is 545. The lowest BCUT2D eigenvalue weighted by molar-refractivity contribution is 0.317. The van der Waals surface area contributed by atoms with Crippen LogP contribution in [0, 0.1) is 12.3 Å². The predicted octanol–water partition coefficient (Wildman–Crippen LogP) is 2.51. The van der Waals surface area contributed by atoms with Crippen LogP contribution in [0.15, 0.2) is 22.6 Å². The quantitative estimate of drug-likeness (QED) is 0.870. The number of aryl methyl sites for hydroxylation is 1. The zero-order chi connectivity index (χ0) is 13.3. The molecular weight excluding hydrogens is 226 g/mol. The molecule has 4 heteroatoms. The van der Waals surface area contributed by atoms with Crippen LogP contribution in [0.3, 0.4) is 0 Å². The van der Waals surface area contributed by atoms with Crippen molar-refractivity contribution in [1.82, 2.24) is 4.98 Å². The molecule has 0 fully saturated rings. The first kappa shape index (κ1) is 13.1. The minimum atomic E-state index is -0.0232. The average molecular weight is 247 g/mol. The Morgan fingerprint density at radius 2 is 2.11 bits per heavy atom. The van der Waals surface area contributed by atoms with E-state index in [1.807, 2.05) is 25.1 Å². The summed E-state index contributed by atoms with van der Waals surface area (Å²) >= 11 is 0. The van der Waals surface area contributed by atoms with Crippen molar-refractivity contribution in [2.75, 3.05) is 6.54 Å². The van der Waals surface area contributed by atoms with Crippen molar-refractivity contribution in [3.05, 3.63) is 29.7 Å². The molecule has 0 aliphatic carbocycles. The number of hydrogen-bond acceptors (Lipinski definition) is 4. The Labute approximate surface area is 107 Å². The molecule has 1 heterocycles. The molecule has 1 aromatic heterocycles. The van der Waals surface area contributed by atoms with Crippen molar-refractivity contribution in [3.8, 4) is 0 Å². The fraction of sp³-hybridized carbons (Fsp3) is 0.500. The number of fused-ring (bicyclic) bond motifs is 1. The van der Waals surface area contributed by atoms with E-state index in [2.05, 4.69) is 18.8 Å². The van der Waals surface area contributed by atoms with Crippen LogP contribution >= 0.6 is 0 Å². The van der Waals surface area contributed by atoms with E-state index in [-0.39, 0.29) is 11.5 Å². The highest BCUT2D eigenvalue weighted by atomic mass is 16.3. The maximum Gasteiger partial charge on any atom is 0.192 e. The number of nitrogens with zero attached hydrogens (tertiary/aromatic N) is 1. The lowest BCUT2D eigenvalue weighted by Gasteiger charge is -2.26. The zero-order valence-corrected chi connectivity index (χ0v) is 11.2. The number of oxazole rings is 1. The maximum atomic E-state index is 6.24. The second-order valence-electron chi connectivity index (χ2n) is 5.64. The van der Waals surface area contributed by atoms with E-state index >= 15 is 0 Å². The fourth-order valence-corrected chi connectivity index (χ4v) is 2.09. The van der Waals surface area contributed by atoms with Gasteiger partial charge in [-0.3, -0.25) is 0 Å². The molecule has 0 aliphatic heterocycles. The van der Waals surface area contributed by atoms with E-state index < -0.39 is 0 Å². The Morgan fingerprint density at radius 1 is 1.39 bits per heavy atom. The lowest BCUT2D eigenvalue weighted by atomic mass is 9.84. The standard InChI is InChI=1S/C14H21N3O/c1-9-17-12-6-10(4-5-13(12)18-9)11(16)7-14(2,3)8-15/h4-6,11H,7-8,15-16H2,1-3H3. The van der Waals surface area contributed by atoms with Crippen molar-refractivity contribution in [2.24, 2.45) is 16.9 Å². The Morgan fingerprint density at radius 3 is 2.78 bits per heavy atom. The van der Waals surface area contributed by atoms with E-state index in [0.29, 0.717) is 12.4 Å². The highest BCUT2D eigenvalue weighted by molar-refractivity contribution is 5.73. The van der Waals surface area contributed by atoms with Crippen molar-refractivity contribution in [2.45, 2.75) is 33.2 Å². The van der Waals surface area contributed by atoms with Crippen molar-refractivity contribution in [3.63, 3.8) is 0 Å². The first-order valence-corrected chi connectivity index (χ1v) is 6.24. The Balaban J connectivity index is 2.25. The largest absolute Gasteiger partial charge is 0.441 e. The second kappa shape index (κ2) is 4.71. The summed E-state index contributed by atoms with van der Waals surface area (Å²) in [5.41, 5.74) is 14.8. The van der Waals surface area contributed by atoms with Gasteiger partial charge in [0, 0.05) is 13.0 Å². The van der Waals surface area contributed by atoms with Crippen LogP contribution in [-0.2, 0) is 0 Å². The average Bonchev–Trinajstić information content (AvgIpc) is 2.67. The van der Waals surface area contributed by atoms with Gasteiger partial charge in [-0.1, -0.05) is 19.9 Å². The molecule has 1 unspecified atom stereocenters. The second-order valence-corrected chi connectivity index (χ2v) is 5.64. The molecule has 0 amide bonds. The molecule has 0 bridgehead atoms. The normalized spacial score (nSPS) is 14.1. The zero-order valence-electron chi connectivity index (χ0n) is 11.2. The summed E-state index contributed by atoms with van der Waals surface area (Å²) in [6, 6.07) is 5.91. The topological polar surface area (TPSA) is 78.1 Å².